The topological polar surface area (TPSA) is 32.6 Å². The summed E-state index contributed by atoms with van der Waals surface area (Å²) in [6.07, 6.45) is 1.80. The van der Waals surface area contributed by atoms with Gasteiger partial charge in [-0.3, -0.25) is 4.99 Å². The van der Waals surface area contributed by atoms with Crippen LogP contribution >= 0.6 is 35.8 Å². The number of para-hydroxylation sites is 1. The number of phenols is 1. The molecule has 0 atom stereocenters. The van der Waals surface area contributed by atoms with Crippen LogP contribution in [-0.4, -0.2) is 11.3 Å². The van der Waals surface area contributed by atoms with Gasteiger partial charge in [-0.1, -0.05) is 78.9 Å². The van der Waals surface area contributed by atoms with Crippen LogP contribution in [0.2, 0.25) is 0 Å². The Morgan fingerprint density at radius 2 is 1.17 bits per heavy atom. The number of benzene rings is 5. The summed E-state index contributed by atoms with van der Waals surface area (Å²) in [6.45, 7) is 0. The molecular formula is C29H23Cl3NOPTi+. The zero-order valence-corrected chi connectivity index (χ0v) is 24.0. The summed E-state index contributed by atoms with van der Waals surface area (Å²) in [5.74, 6) is 0.238. The second-order valence-electron chi connectivity index (χ2n) is 7.82. The van der Waals surface area contributed by atoms with Crippen molar-refractivity contribution in [2.24, 2.45) is 4.99 Å². The molecule has 0 heterocycles. The summed E-state index contributed by atoms with van der Waals surface area (Å²) in [5, 5.41) is 16.5. The Bertz CT molecular complexity index is 1410. The number of hydrogen-bond acceptors (Lipinski definition) is 2. The standard InChI is InChI=1S/C29H22NOP.3ClH.Ti/c31-28-20-19-22-11-7-8-16-25(22)26(28)21-30-27-17-9-10-18-29(27)32(23-12-3-1-4-13-23)24-14-5-2-6-15-24;;;;/h1-21,31H;3*1H;/q;;;;+3/p-2. The first-order valence-electron chi connectivity index (χ1n) is 11.2. The fourth-order valence-electron chi connectivity index (χ4n) is 4.04. The maximum absolute atomic E-state index is 10.5. The first-order chi connectivity index (χ1) is 17.5. The predicted molar refractivity (Wildman–Crippen MR) is 157 cm³/mol. The molecule has 0 saturated heterocycles. The van der Waals surface area contributed by atoms with E-state index in [4.69, 9.17) is 32.9 Å². The van der Waals surface area contributed by atoms with Crippen molar-refractivity contribution in [1.29, 1.82) is 0 Å². The van der Waals surface area contributed by atoms with Gasteiger partial charge in [0.1, 0.15) is 35.3 Å². The van der Waals surface area contributed by atoms with E-state index in [9.17, 15) is 5.11 Å². The van der Waals surface area contributed by atoms with Crippen molar-refractivity contribution in [3.8, 4) is 5.75 Å². The second kappa shape index (κ2) is 13.4. The van der Waals surface area contributed by atoms with Crippen molar-refractivity contribution in [2.45, 2.75) is 0 Å². The SMILES string of the molecule is Oc1ccc2ccccc2c1C=Nc1ccccc1[PH+](c1ccccc1)c1ccccc1.[Cl][Ti]([Cl])[Cl]. The van der Waals surface area contributed by atoms with Gasteiger partial charge in [-0.2, -0.15) is 0 Å². The van der Waals surface area contributed by atoms with Gasteiger partial charge in [0.2, 0.25) is 0 Å². The van der Waals surface area contributed by atoms with E-state index in [2.05, 4.69) is 78.9 Å². The molecule has 0 spiro atoms. The van der Waals surface area contributed by atoms with E-state index in [-0.39, 0.29) is 5.75 Å². The number of aromatic hydroxyl groups is 1. The van der Waals surface area contributed by atoms with Crippen LogP contribution in [0, 0.1) is 0 Å². The third-order valence-corrected chi connectivity index (χ3v) is 8.36. The van der Waals surface area contributed by atoms with E-state index in [0.29, 0.717) is 0 Å². The van der Waals surface area contributed by atoms with Gasteiger partial charge in [0.25, 0.3) is 0 Å². The van der Waals surface area contributed by atoms with Crippen LogP contribution in [0.15, 0.2) is 126 Å². The molecule has 0 aliphatic rings. The van der Waals surface area contributed by atoms with Gasteiger partial charge < -0.3 is 5.11 Å². The van der Waals surface area contributed by atoms with E-state index in [1.54, 1.807) is 12.3 Å². The van der Waals surface area contributed by atoms with Crippen molar-refractivity contribution < 1.29 is 19.8 Å². The van der Waals surface area contributed by atoms with Gasteiger partial charge in [-0.25, -0.2) is 0 Å². The molecule has 0 aromatic heterocycles. The first kappa shape index (κ1) is 26.9. The van der Waals surface area contributed by atoms with Crippen molar-refractivity contribution in [2.75, 3.05) is 0 Å². The molecule has 0 unspecified atom stereocenters. The average Bonchev–Trinajstić information content (AvgIpc) is 2.90. The number of fused-ring (bicyclic) bond motifs is 1. The van der Waals surface area contributed by atoms with E-state index in [1.807, 2.05) is 36.4 Å². The zero-order chi connectivity index (χ0) is 25.3. The molecule has 7 heteroatoms. The molecule has 5 aromatic rings. The third-order valence-electron chi connectivity index (χ3n) is 5.58. The van der Waals surface area contributed by atoms with Gasteiger partial charge in [0, 0.05) is 11.8 Å². The van der Waals surface area contributed by atoms with E-state index < -0.39 is 22.6 Å². The molecule has 2 nitrogen and oxygen atoms in total. The summed E-state index contributed by atoms with van der Waals surface area (Å²) < 4.78 is 0. The Morgan fingerprint density at radius 3 is 1.81 bits per heavy atom. The van der Waals surface area contributed by atoms with E-state index >= 15 is 0 Å². The number of phenolic OH excluding ortho intramolecular Hbond substituents is 1. The number of nitrogens with zero attached hydrogens (tertiary/aromatic N) is 1. The molecule has 0 amide bonds. The van der Waals surface area contributed by atoms with Crippen LogP contribution in [0.25, 0.3) is 10.8 Å². The van der Waals surface area contributed by atoms with Gasteiger partial charge in [0.15, 0.2) is 0 Å². The van der Waals surface area contributed by atoms with Crippen molar-refractivity contribution in [1.82, 2.24) is 0 Å². The van der Waals surface area contributed by atoms with Crippen molar-refractivity contribution in [3.63, 3.8) is 0 Å². The molecule has 0 fully saturated rings. The predicted octanol–water partition coefficient (Wildman–Crippen LogP) is 7.85. The molecule has 0 bridgehead atoms. The van der Waals surface area contributed by atoms with Crippen LogP contribution in [0.4, 0.5) is 5.69 Å². The number of rotatable bonds is 5. The van der Waals surface area contributed by atoms with Crippen LogP contribution < -0.4 is 15.9 Å². The number of hydrogen-bond donors (Lipinski definition) is 1. The summed E-state index contributed by atoms with van der Waals surface area (Å²) in [5.41, 5.74) is 1.67. The normalized spacial score (nSPS) is 10.9. The molecular weight excluding hydrogens is 564 g/mol. The van der Waals surface area contributed by atoms with Crippen molar-refractivity contribution in [3.05, 3.63) is 127 Å². The van der Waals surface area contributed by atoms with Gasteiger partial charge in [0.05, 0.1) is 0 Å². The molecule has 0 aliphatic carbocycles. The van der Waals surface area contributed by atoms with Gasteiger partial charge >= 0.3 is 42.6 Å². The minimum absolute atomic E-state index is 0.238. The molecule has 1 N–H and O–H groups in total. The summed E-state index contributed by atoms with van der Waals surface area (Å²) in [6, 6.07) is 41.4. The van der Waals surface area contributed by atoms with Crippen molar-refractivity contribution >= 4 is 74.4 Å². The van der Waals surface area contributed by atoms with E-state index in [0.717, 1.165) is 22.0 Å². The fourth-order valence-corrected chi connectivity index (χ4v) is 6.71. The molecule has 0 saturated carbocycles. The second-order valence-corrected chi connectivity index (χ2v) is 18.0. The number of halogens is 3. The molecule has 5 rings (SSSR count). The van der Waals surface area contributed by atoms with Gasteiger partial charge in [-0.15, -0.1) is 0 Å². The molecule has 0 aliphatic heterocycles. The summed E-state index contributed by atoms with van der Waals surface area (Å²) >= 11 is -1.92. The Labute approximate surface area is 230 Å². The Kier molecular flexibility index (Phi) is 10.0. The third kappa shape index (κ3) is 6.99. The van der Waals surface area contributed by atoms with Crippen LogP contribution in [0.3, 0.4) is 0 Å². The van der Waals surface area contributed by atoms with E-state index in [1.165, 1.54) is 15.9 Å². The quantitative estimate of drug-likeness (QED) is 0.127. The fraction of sp³-hybridized carbons (Fsp3) is 0. The average molecular weight is 587 g/mol. The Balaban J connectivity index is 0.000000709. The van der Waals surface area contributed by atoms with Crippen LogP contribution in [0.1, 0.15) is 5.56 Å². The molecule has 5 aromatic carbocycles. The molecule has 179 valence electrons. The molecule has 36 heavy (non-hydrogen) atoms. The first-order valence-corrected chi connectivity index (χ1v) is 19.1. The molecule has 0 radical (unpaired) electrons. The Hall–Kier alpha value is -2.16. The minimum atomic E-state index is -1.92. The summed E-state index contributed by atoms with van der Waals surface area (Å²) in [7, 11) is 13.7. The Morgan fingerprint density at radius 1 is 0.639 bits per heavy atom. The van der Waals surface area contributed by atoms with Gasteiger partial charge in [-0.05, 0) is 53.2 Å². The van der Waals surface area contributed by atoms with Crippen LogP contribution in [0.5, 0.6) is 5.75 Å². The monoisotopic (exact) mass is 585 g/mol. The maximum atomic E-state index is 10.5. The summed E-state index contributed by atoms with van der Waals surface area (Å²) in [4.78, 5) is 4.90. The number of aliphatic imine (C=N–C) groups is 1. The van der Waals surface area contributed by atoms with Crippen LogP contribution in [-0.2, 0) is 14.7 Å². The zero-order valence-electron chi connectivity index (χ0n) is 19.2.